The maximum atomic E-state index is 9.63. The highest BCUT2D eigenvalue weighted by atomic mass is 16.5. The van der Waals surface area contributed by atoms with Gasteiger partial charge in [-0.1, -0.05) is 13.8 Å². The highest BCUT2D eigenvalue weighted by molar-refractivity contribution is 4.69. The SMILES string of the molecule is CCC(C)OCCC(C)(O)CC. The molecule has 0 radical (unpaired) electrons. The van der Waals surface area contributed by atoms with Crippen LogP contribution < -0.4 is 0 Å². The summed E-state index contributed by atoms with van der Waals surface area (Å²) >= 11 is 0. The van der Waals surface area contributed by atoms with Crippen LogP contribution in [0.4, 0.5) is 0 Å². The average Bonchev–Trinajstić information content (AvgIpc) is 2.04. The molecule has 2 nitrogen and oxygen atoms in total. The first kappa shape index (κ1) is 11.9. The summed E-state index contributed by atoms with van der Waals surface area (Å²) in [6.07, 6.45) is 2.87. The van der Waals surface area contributed by atoms with Gasteiger partial charge in [-0.2, -0.15) is 0 Å². The molecule has 0 bridgehead atoms. The van der Waals surface area contributed by atoms with Gasteiger partial charge in [0.15, 0.2) is 0 Å². The predicted octanol–water partition coefficient (Wildman–Crippen LogP) is 2.35. The lowest BCUT2D eigenvalue weighted by Crippen LogP contribution is -2.25. The second-order valence-electron chi connectivity index (χ2n) is 3.69. The molecule has 2 atom stereocenters. The number of ether oxygens (including phenoxy) is 1. The Bertz CT molecular complexity index is 110. The van der Waals surface area contributed by atoms with Crippen molar-refractivity contribution in [3.63, 3.8) is 0 Å². The second-order valence-corrected chi connectivity index (χ2v) is 3.69. The third-order valence-corrected chi connectivity index (χ3v) is 2.38. The van der Waals surface area contributed by atoms with Crippen LogP contribution in [-0.2, 0) is 4.74 Å². The molecule has 0 rings (SSSR count). The van der Waals surface area contributed by atoms with Crippen molar-refractivity contribution in [3.05, 3.63) is 0 Å². The minimum absolute atomic E-state index is 0.317. The Morgan fingerprint density at radius 1 is 1.42 bits per heavy atom. The smallest absolute Gasteiger partial charge is 0.0639 e. The fourth-order valence-corrected chi connectivity index (χ4v) is 0.775. The molecule has 0 aliphatic carbocycles. The lowest BCUT2D eigenvalue weighted by molar-refractivity contribution is -0.00855. The first-order chi connectivity index (χ1) is 5.52. The number of aliphatic hydroxyl groups is 1. The van der Waals surface area contributed by atoms with Crippen LogP contribution in [0.3, 0.4) is 0 Å². The van der Waals surface area contributed by atoms with E-state index in [-0.39, 0.29) is 0 Å². The Balaban J connectivity index is 3.42. The quantitative estimate of drug-likeness (QED) is 0.669. The zero-order valence-electron chi connectivity index (χ0n) is 8.76. The van der Waals surface area contributed by atoms with Crippen LogP contribution in [0.25, 0.3) is 0 Å². The first-order valence-electron chi connectivity index (χ1n) is 4.85. The van der Waals surface area contributed by atoms with E-state index in [1.807, 2.05) is 13.8 Å². The summed E-state index contributed by atoms with van der Waals surface area (Å²) < 4.78 is 5.47. The third-order valence-electron chi connectivity index (χ3n) is 2.38. The molecule has 2 heteroatoms. The molecule has 2 unspecified atom stereocenters. The lowest BCUT2D eigenvalue weighted by atomic mass is 10.0. The van der Waals surface area contributed by atoms with E-state index >= 15 is 0 Å². The highest BCUT2D eigenvalue weighted by Crippen LogP contribution is 2.13. The van der Waals surface area contributed by atoms with Gasteiger partial charge in [-0.15, -0.1) is 0 Å². The summed E-state index contributed by atoms with van der Waals surface area (Å²) in [6.45, 7) is 8.66. The van der Waals surface area contributed by atoms with Crippen LogP contribution in [0, 0.1) is 0 Å². The third kappa shape index (κ3) is 5.56. The number of rotatable bonds is 6. The van der Waals surface area contributed by atoms with Gasteiger partial charge in [0, 0.05) is 6.61 Å². The molecule has 0 saturated carbocycles. The normalized spacial score (nSPS) is 18.8. The first-order valence-corrected chi connectivity index (χ1v) is 4.85. The Labute approximate surface area is 75.9 Å². The van der Waals surface area contributed by atoms with Gasteiger partial charge in [0.05, 0.1) is 11.7 Å². The highest BCUT2D eigenvalue weighted by Gasteiger charge is 2.16. The van der Waals surface area contributed by atoms with Crippen LogP contribution in [-0.4, -0.2) is 23.4 Å². The zero-order chi connectivity index (χ0) is 9.61. The van der Waals surface area contributed by atoms with Crippen molar-refractivity contribution in [3.8, 4) is 0 Å². The van der Waals surface area contributed by atoms with E-state index in [9.17, 15) is 5.11 Å². The van der Waals surface area contributed by atoms with Gasteiger partial charge >= 0.3 is 0 Å². The molecule has 0 aromatic heterocycles. The predicted molar refractivity (Wildman–Crippen MR) is 51.2 cm³/mol. The summed E-state index contributed by atoms with van der Waals surface area (Å²) in [5.41, 5.74) is -0.548. The van der Waals surface area contributed by atoms with Crippen LogP contribution >= 0.6 is 0 Å². The van der Waals surface area contributed by atoms with E-state index in [0.29, 0.717) is 12.7 Å². The Morgan fingerprint density at radius 2 is 2.00 bits per heavy atom. The number of hydrogen-bond donors (Lipinski definition) is 1. The second kappa shape index (κ2) is 5.55. The maximum absolute atomic E-state index is 9.63. The standard InChI is InChI=1S/C10H22O2/c1-5-9(3)12-8-7-10(4,11)6-2/h9,11H,5-8H2,1-4H3. The van der Waals surface area contributed by atoms with Crippen molar-refractivity contribution in [2.75, 3.05) is 6.61 Å². The van der Waals surface area contributed by atoms with E-state index < -0.39 is 5.60 Å². The van der Waals surface area contributed by atoms with Crippen molar-refractivity contribution in [2.24, 2.45) is 0 Å². The molecule has 0 aliphatic heterocycles. The minimum Gasteiger partial charge on any atom is -0.390 e. The Kier molecular flexibility index (Phi) is 5.51. The number of hydrogen-bond acceptors (Lipinski definition) is 2. The van der Waals surface area contributed by atoms with Crippen molar-refractivity contribution in [2.45, 2.75) is 58.7 Å². The largest absolute Gasteiger partial charge is 0.390 e. The summed E-state index contributed by atoms with van der Waals surface area (Å²) in [6, 6.07) is 0. The zero-order valence-corrected chi connectivity index (χ0v) is 8.76. The van der Waals surface area contributed by atoms with Crippen molar-refractivity contribution in [1.82, 2.24) is 0 Å². The van der Waals surface area contributed by atoms with Gasteiger partial charge in [-0.25, -0.2) is 0 Å². The fraction of sp³-hybridized carbons (Fsp3) is 1.00. The van der Waals surface area contributed by atoms with E-state index in [2.05, 4.69) is 13.8 Å². The van der Waals surface area contributed by atoms with Gasteiger partial charge in [0.1, 0.15) is 0 Å². The van der Waals surface area contributed by atoms with Crippen LogP contribution in [0.2, 0.25) is 0 Å². The van der Waals surface area contributed by atoms with Crippen molar-refractivity contribution < 1.29 is 9.84 Å². The Morgan fingerprint density at radius 3 is 2.42 bits per heavy atom. The molecule has 0 aromatic rings. The van der Waals surface area contributed by atoms with Gasteiger partial charge in [-0.05, 0) is 33.1 Å². The van der Waals surface area contributed by atoms with E-state index in [1.54, 1.807) is 0 Å². The molecule has 0 spiro atoms. The van der Waals surface area contributed by atoms with Crippen molar-refractivity contribution in [1.29, 1.82) is 0 Å². The van der Waals surface area contributed by atoms with E-state index in [1.165, 1.54) is 0 Å². The molecule has 74 valence electrons. The fourth-order valence-electron chi connectivity index (χ4n) is 0.775. The van der Waals surface area contributed by atoms with Crippen LogP contribution in [0.15, 0.2) is 0 Å². The maximum Gasteiger partial charge on any atom is 0.0639 e. The van der Waals surface area contributed by atoms with Gasteiger partial charge in [0.25, 0.3) is 0 Å². The summed E-state index contributed by atoms with van der Waals surface area (Å²) in [7, 11) is 0. The van der Waals surface area contributed by atoms with Crippen LogP contribution in [0.5, 0.6) is 0 Å². The molecule has 0 aliphatic rings. The molecule has 0 fully saturated rings. The van der Waals surface area contributed by atoms with Gasteiger partial charge in [0.2, 0.25) is 0 Å². The molecule has 0 amide bonds. The van der Waals surface area contributed by atoms with E-state index in [4.69, 9.17) is 4.74 Å². The molecule has 12 heavy (non-hydrogen) atoms. The molecular weight excluding hydrogens is 152 g/mol. The van der Waals surface area contributed by atoms with Crippen LogP contribution in [0.1, 0.15) is 47.0 Å². The van der Waals surface area contributed by atoms with E-state index in [0.717, 1.165) is 19.3 Å². The average molecular weight is 174 g/mol. The van der Waals surface area contributed by atoms with Gasteiger partial charge < -0.3 is 9.84 Å². The molecular formula is C10H22O2. The minimum atomic E-state index is -0.548. The summed E-state index contributed by atoms with van der Waals surface area (Å²) in [4.78, 5) is 0. The molecule has 0 saturated heterocycles. The Hall–Kier alpha value is -0.0800. The molecule has 0 heterocycles. The van der Waals surface area contributed by atoms with Crippen molar-refractivity contribution >= 4 is 0 Å². The summed E-state index contributed by atoms with van der Waals surface area (Å²) in [5, 5.41) is 9.63. The van der Waals surface area contributed by atoms with Gasteiger partial charge in [-0.3, -0.25) is 0 Å². The monoisotopic (exact) mass is 174 g/mol. The summed E-state index contributed by atoms with van der Waals surface area (Å²) in [5.74, 6) is 0. The molecule has 1 N–H and O–H groups in total. The lowest BCUT2D eigenvalue weighted by Gasteiger charge is -2.21. The topological polar surface area (TPSA) is 29.5 Å². The molecule has 0 aromatic carbocycles.